The molecule has 0 N–H and O–H groups in total. The first-order valence-corrected chi connectivity index (χ1v) is 14.9. The smallest absolute Gasteiger partial charge is 0.338 e. The van der Waals surface area contributed by atoms with Gasteiger partial charge in [0, 0.05) is 12.5 Å². The second-order valence-electron chi connectivity index (χ2n) is 12.2. The van der Waals surface area contributed by atoms with Crippen molar-refractivity contribution < 1.29 is 23.8 Å². The van der Waals surface area contributed by atoms with E-state index >= 15 is 0 Å². The zero-order chi connectivity index (χ0) is 32.1. The van der Waals surface area contributed by atoms with Crippen molar-refractivity contribution in [3.05, 3.63) is 93.3 Å². The lowest BCUT2D eigenvalue weighted by Gasteiger charge is -2.30. The number of carbonyl (C=O) groups is 2. The van der Waals surface area contributed by atoms with Crippen LogP contribution in [-0.2, 0) is 26.9 Å². The number of ether oxygens (including phenoxy) is 3. The summed E-state index contributed by atoms with van der Waals surface area (Å²) in [6, 6.07) is 17.8. The molecule has 0 radical (unpaired) electrons. The molecule has 0 atom stereocenters. The van der Waals surface area contributed by atoms with Crippen LogP contribution in [0.25, 0.3) is 10.9 Å². The van der Waals surface area contributed by atoms with E-state index in [1.54, 1.807) is 36.4 Å². The van der Waals surface area contributed by atoms with Gasteiger partial charge >= 0.3 is 11.9 Å². The Morgan fingerprint density at radius 1 is 0.886 bits per heavy atom. The van der Waals surface area contributed by atoms with E-state index in [2.05, 4.69) is 64.0 Å². The standard InChI is InChI=1S/C35H41N3O6/c1-8-34(4,5)25-14-17-31(29(20-25)35(6,7)9-2)42-18-19-43-33(41)27-13-11-10-12-24(27)22-38-32(40)28-21-26(44-23(3)39)15-16-30(28)36-37-38/h10-17,20-21H,8-9,18-19,22H2,1-7H3. The van der Waals surface area contributed by atoms with Crippen LogP contribution in [0.4, 0.5) is 0 Å². The van der Waals surface area contributed by atoms with Gasteiger partial charge in [0.1, 0.15) is 30.2 Å². The molecule has 0 aliphatic carbocycles. The Kier molecular flexibility index (Phi) is 9.87. The van der Waals surface area contributed by atoms with Crippen molar-refractivity contribution in [1.29, 1.82) is 0 Å². The molecule has 4 rings (SSSR count). The number of carbonyl (C=O) groups excluding carboxylic acids is 2. The van der Waals surface area contributed by atoms with Crippen LogP contribution in [0.1, 0.15) is 88.4 Å². The Balaban J connectivity index is 1.47. The van der Waals surface area contributed by atoms with Gasteiger partial charge in [-0.25, -0.2) is 9.48 Å². The number of benzene rings is 3. The van der Waals surface area contributed by atoms with Gasteiger partial charge in [0.2, 0.25) is 0 Å². The first-order valence-electron chi connectivity index (χ1n) is 14.9. The van der Waals surface area contributed by atoms with E-state index in [9.17, 15) is 14.4 Å². The third-order valence-electron chi connectivity index (χ3n) is 8.34. The molecule has 0 saturated heterocycles. The van der Waals surface area contributed by atoms with Gasteiger partial charge in [-0.05, 0) is 65.1 Å². The largest absolute Gasteiger partial charge is 0.490 e. The second kappa shape index (κ2) is 13.4. The Hall–Kier alpha value is -4.53. The van der Waals surface area contributed by atoms with Gasteiger partial charge in [0.05, 0.1) is 17.5 Å². The van der Waals surface area contributed by atoms with Crippen molar-refractivity contribution in [1.82, 2.24) is 15.0 Å². The maximum absolute atomic E-state index is 13.2. The number of hydrogen-bond acceptors (Lipinski definition) is 8. The molecule has 0 saturated carbocycles. The minimum Gasteiger partial charge on any atom is -0.490 e. The zero-order valence-electron chi connectivity index (χ0n) is 26.6. The molecule has 9 nitrogen and oxygen atoms in total. The Morgan fingerprint density at radius 3 is 2.32 bits per heavy atom. The SMILES string of the molecule is CCC(C)(C)c1ccc(OCCOC(=O)c2ccccc2Cn2nnc3ccc(OC(C)=O)cc3c2=O)c(C(C)(C)CC)c1. The van der Waals surface area contributed by atoms with Crippen LogP contribution in [0, 0.1) is 0 Å². The summed E-state index contributed by atoms with van der Waals surface area (Å²) >= 11 is 0. The molecule has 232 valence electrons. The highest BCUT2D eigenvalue weighted by Gasteiger charge is 2.26. The number of nitrogens with zero attached hydrogens (tertiary/aromatic N) is 3. The number of fused-ring (bicyclic) bond motifs is 1. The van der Waals surface area contributed by atoms with Gasteiger partial charge in [-0.15, -0.1) is 5.10 Å². The first kappa shape index (κ1) is 32.4. The maximum Gasteiger partial charge on any atom is 0.338 e. The molecule has 0 bridgehead atoms. The summed E-state index contributed by atoms with van der Waals surface area (Å²) in [5.74, 6) is -0.00461. The summed E-state index contributed by atoms with van der Waals surface area (Å²) in [5.41, 5.74) is 3.17. The van der Waals surface area contributed by atoms with E-state index in [4.69, 9.17) is 14.2 Å². The van der Waals surface area contributed by atoms with Gasteiger partial charge in [-0.2, -0.15) is 0 Å². The molecule has 0 unspecified atom stereocenters. The van der Waals surface area contributed by atoms with Crippen LogP contribution in [-0.4, -0.2) is 40.1 Å². The normalized spacial score (nSPS) is 11.8. The summed E-state index contributed by atoms with van der Waals surface area (Å²) in [6.45, 7) is 14.8. The molecule has 44 heavy (non-hydrogen) atoms. The van der Waals surface area contributed by atoms with E-state index < -0.39 is 17.5 Å². The lowest BCUT2D eigenvalue weighted by molar-refractivity contribution is -0.131. The molecule has 4 aromatic rings. The average Bonchev–Trinajstić information content (AvgIpc) is 3.00. The Morgan fingerprint density at radius 2 is 1.61 bits per heavy atom. The van der Waals surface area contributed by atoms with Crippen molar-refractivity contribution in [2.45, 2.75) is 78.7 Å². The van der Waals surface area contributed by atoms with Crippen LogP contribution in [0.15, 0.2) is 65.5 Å². The van der Waals surface area contributed by atoms with Crippen molar-refractivity contribution in [3.8, 4) is 11.5 Å². The summed E-state index contributed by atoms with van der Waals surface area (Å²) in [5, 5.41) is 8.40. The second-order valence-corrected chi connectivity index (χ2v) is 12.2. The molecular weight excluding hydrogens is 558 g/mol. The van der Waals surface area contributed by atoms with Crippen LogP contribution in [0.5, 0.6) is 11.5 Å². The lowest BCUT2D eigenvalue weighted by atomic mass is 9.76. The van der Waals surface area contributed by atoms with E-state index in [1.807, 2.05) is 6.07 Å². The van der Waals surface area contributed by atoms with Crippen molar-refractivity contribution in [2.75, 3.05) is 13.2 Å². The maximum atomic E-state index is 13.2. The van der Waals surface area contributed by atoms with E-state index in [0.29, 0.717) is 16.6 Å². The van der Waals surface area contributed by atoms with Gasteiger partial charge in [0.25, 0.3) is 5.56 Å². The van der Waals surface area contributed by atoms with Gasteiger partial charge in [0.15, 0.2) is 0 Å². The van der Waals surface area contributed by atoms with Crippen molar-refractivity contribution in [3.63, 3.8) is 0 Å². The Bertz CT molecular complexity index is 1720. The molecule has 0 amide bonds. The minimum atomic E-state index is -0.530. The molecule has 9 heteroatoms. The van der Waals surface area contributed by atoms with E-state index in [1.165, 1.54) is 18.6 Å². The van der Waals surface area contributed by atoms with Gasteiger partial charge < -0.3 is 14.2 Å². The number of hydrogen-bond donors (Lipinski definition) is 0. The summed E-state index contributed by atoms with van der Waals surface area (Å²) in [4.78, 5) is 37.7. The van der Waals surface area contributed by atoms with Crippen LogP contribution in [0.3, 0.4) is 0 Å². The monoisotopic (exact) mass is 599 g/mol. The van der Waals surface area contributed by atoms with Gasteiger partial charge in [-0.3, -0.25) is 9.59 Å². The predicted molar refractivity (Wildman–Crippen MR) is 170 cm³/mol. The van der Waals surface area contributed by atoms with Crippen molar-refractivity contribution >= 4 is 22.8 Å². The molecule has 1 heterocycles. The third-order valence-corrected chi connectivity index (χ3v) is 8.34. The fourth-order valence-electron chi connectivity index (χ4n) is 4.77. The predicted octanol–water partition coefficient (Wildman–Crippen LogP) is 6.38. The molecule has 0 spiro atoms. The molecule has 3 aromatic carbocycles. The highest BCUT2D eigenvalue weighted by Crippen LogP contribution is 2.38. The fourth-order valence-corrected chi connectivity index (χ4v) is 4.77. The van der Waals surface area contributed by atoms with Crippen LogP contribution in [0.2, 0.25) is 0 Å². The molecule has 0 aliphatic heterocycles. The molecule has 0 aliphatic rings. The van der Waals surface area contributed by atoms with E-state index in [0.717, 1.165) is 28.8 Å². The summed E-state index contributed by atoms with van der Waals surface area (Å²) < 4.78 is 18.0. The number of esters is 2. The summed E-state index contributed by atoms with van der Waals surface area (Å²) in [7, 11) is 0. The minimum absolute atomic E-state index is 0.00272. The van der Waals surface area contributed by atoms with E-state index in [-0.39, 0.29) is 41.7 Å². The third kappa shape index (κ3) is 7.33. The molecule has 0 fully saturated rings. The fraction of sp³-hybridized carbons (Fsp3) is 0.400. The summed E-state index contributed by atoms with van der Waals surface area (Å²) in [6.07, 6.45) is 1.97. The van der Waals surface area contributed by atoms with Crippen LogP contribution >= 0.6 is 0 Å². The number of rotatable bonds is 12. The Labute approximate surface area is 258 Å². The lowest BCUT2D eigenvalue weighted by Crippen LogP contribution is -2.26. The first-order chi connectivity index (χ1) is 20.9. The topological polar surface area (TPSA) is 110 Å². The quantitative estimate of drug-likeness (QED) is 0.105. The highest BCUT2D eigenvalue weighted by atomic mass is 16.6. The zero-order valence-corrected chi connectivity index (χ0v) is 26.6. The van der Waals surface area contributed by atoms with Gasteiger partial charge in [-0.1, -0.05) is 77.1 Å². The number of aromatic nitrogens is 3. The average molecular weight is 600 g/mol. The molecule has 1 aromatic heterocycles. The van der Waals surface area contributed by atoms with Crippen molar-refractivity contribution in [2.24, 2.45) is 0 Å². The van der Waals surface area contributed by atoms with Crippen LogP contribution < -0.4 is 15.0 Å². The highest BCUT2D eigenvalue weighted by molar-refractivity contribution is 5.91. The molecular formula is C35H41N3O6.